The Kier molecular flexibility index (Phi) is 4.85. The van der Waals surface area contributed by atoms with Crippen molar-refractivity contribution in [3.8, 4) is 0 Å². The van der Waals surface area contributed by atoms with Gasteiger partial charge in [0.1, 0.15) is 0 Å². The number of benzene rings is 1. The second-order valence-electron chi connectivity index (χ2n) is 7.82. The number of carbonyl (C=O) groups excluding carboxylic acids is 1. The summed E-state index contributed by atoms with van der Waals surface area (Å²) < 4.78 is 0. The molecule has 0 spiro atoms. The summed E-state index contributed by atoms with van der Waals surface area (Å²) in [5, 5.41) is 2.91. The Hall–Kier alpha value is -1.81. The molecule has 0 radical (unpaired) electrons. The minimum Gasteiger partial charge on any atom is -0.328 e. The molecule has 0 atom stereocenters. The Morgan fingerprint density at radius 2 is 1.70 bits per heavy atom. The number of nitrogens with two attached hydrogens (primary N) is 1. The SMILES string of the molecule is Cc1ccc(/C=C/NC(=O)N2C(C)(C)CC(N)CC2(C)C)cc1. The fourth-order valence-electron chi connectivity index (χ4n) is 3.86. The number of piperidine rings is 1. The number of nitrogens with zero attached hydrogens (tertiary/aromatic N) is 1. The fourth-order valence-corrected chi connectivity index (χ4v) is 3.86. The van der Waals surface area contributed by atoms with E-state index in [9.17, 15) is 4.79 Å². The number of nitrogens with one attached hydrogen (secondary N) is 1. The minimum atomic E-state index is -0.261. The molecule has 0 unspecified atom stereocenters. The molecule has 1 saturated heterocycles. The maximum Gasteiger partial charge on any atom is 0.322 e. The van der Waals surface area contributed by atoms with E-state index in [1.807, 2.05) is 23.1 Å². The molecule has 1 fully saturated rings. The molecule has 1 aliphatic rings. The molecule has 0 aromatic heterocycles. The van der Waals surface area contributed by atoms with Crippen molar-refractivity contribution in [3.05, 3.63) is 41.6 Å². The van der Waals surface area contributed by atoms with Gasteiger partial charge in [0, 0.05) is 23.3 Å². The fraction of sp³-hybridized carbons (Fsp3) is 0.526. The molecule has 0 bridgehead atoms. The molecule has 2 amide bonds. The summed E-state index contributed by atoms with van der Waals surface area (Å²) in [5.41, 5.74) is 7.93. The van der Waals surface area contributed by atoms with Crippen LogP contribution < -0.4 is 11.1 Å². The first-order valence-corrected chi connectivity index (χ1v) is 8.21. The van der Waals surface area contributed by atoms with Crippen LogP contribution >= 0.6 is 0 Å². The molecule has 1 aromatic carbocycles. The van der Waals surface area contributed by atoms with Crippen LogP contribution in [0.2, 0.25) is 0 Å². The van der Waals surface area contributed by atoms with Gasteiger partial charge in [-0.3, -0.25) is 0 Å². The monoisotopic (exact) mass is 315 g/mol. The summed E-state index contributed by atoms with van der Waals surface area (Å²) in [5.74, 6) is 0. The zero-order valence-corrected chi connectivity index (χ0v) is 14.9. The summed E-state index contributed by atoms with van der Waals surface area (Å²) in [7, 11) is 0. The average molecular weight is 315 g/mol. The number of rotatable bonds is 2. The standard InChI is InChI=1S/C19H29N3O/c1-14-6-8-15(9-7-14)10-11-21-17(23)22-18(2,3)12-16(20)13-19(22,4)5/h6-11,16H,12-13,20H2,1-5H3,(H,21,23)/b11-10+. The van der Waals surface area contributed by atoms with E-state index < -0.39 is 0 Å². The first kappa shape index (κ1) is 17.5. The van der Waals surface area contributed by atoms with Crippen LogP contribution in [0.5, 0.6) is 0 Å². The summed E-state index contributed by atoms with van der Waals surface area (Å²) in [6.45, 7) is 10.4. The lowest BCUT2D eigenvalue weighted by Gasteiger charge is -2.54. The maximum absolute atomic E-state index is 12.7. The molecule has 2 rings (SSSR count). The number of carbonyl (C=O) groups is 1. The van der Waals surface area contributed by atoms with Crippen molar-refractivity contribution in [2.24, 2.45) is 5.73 Å². The third kappa shape index (κ3) is 4.14. The van der Waals surface area contributed by atoms with Gasteiger partial charge in [-0.25, -0.2) is 4.79 Å². The van der Waals surface area contributed by atoms with Gasteiger partial charge in [0.05, 0.1) is 0 Å². The van der Waals surface area contributed by atoms with Crippen LogP contribution in [-0.2, 0) is 0 Å². The Labute approximate surface area is 139 Å². The number of urea groups is 1. The highest BCUT2D eigenvalue weighted by Gasteiger charge is 2.46. The van der Waals surface area contributed by atoms with Gasteiger partial charge in [0.15, 0.2) is 0 Å². The van der Waals surface area contributed by atoms with Crippen LogP contribution in [0.4, 0.5) is 4.79 Å². The molecular formula is C19H29N3O. The molecule has 3 N–H and O–H groups in total. The van der Waals surface area contributed by atoms with Gasteiger partial charge in [-0.2, -0.15) is 0 Å². The Morgan fingerprint density at radius 3 is 2.22 bits per heavy atom. The normalized spacial score (nSPS) is 20.7. The Bertz CT molecular complexity index is 569. The third-order valence-electron chi connectivity index (χ3n) is 4.50. The predicted octanol–water partition coefficient (Wildman–Crippen LogP) is 3.66. The van der Waals surface area contributed by atoms with Crippen molar-refractivity contribution in [3.63, 3.8) is 0 Å². The second-order valence-corrected chi connectivity index (χ2v) is 7.82. The van der Waals surface area contributed by atoms with Gasteiger partial charge in [-0.1, -0.05) is 29.8 Å². The maximum atomic E-state index is 12.7. The first-order valence-electron chi connectivity index (χ1n) is 8.21. The number of likely N-dealkylation sites (tertiary alicyclic amines) is 1. The van der Waals surface area contributed by atoms with Crippen LogP contribution in [0.3, 0.4) is 0 Å². The molecule has 1 heterocycles. The van der Waals surface area contributed by atoms with Crippen LogP contribution in [-0.4, -0.2) is 28.1 Å². The highest BCUT2D eigenvalue weighted by Crippen LogP contribution is 2.37. The summed E-state index contributed by atoms with van der Waals surface area (Å²) in [4.78, 5) is 14.6. The molecule has 1 aromatic rings. The number of hydrogen-bond acceptors (Lipinski definition) is 2. The van der Waals surface area contributed by atoms with E-state index in [1.165, 1.54) is 5.56 Å². The Balaban J connectivity index is 2.08. The van der Waals surface area contributed by atoms with E-state index >= 15 is 0 Å². The molecule has 23 heavy (non-hydrogen) atoms. The molecule has 0 saturated carbocycles. The van der Waals surface area contributed by atoms with E-state index in [-0.39, 0.29) is 23.2 Å². The second kappa shape index (κ2) is 6.36. The van der Waals surface area contributed by atoms with Crippen molar-refractivity contribution in [2.45, 2.75) is 64.6 Å². The summed E-state index contributed by atoms with van der Waals surface area (Å²) in [6.07, 6.45) is 5.25. The van der Waals surface area contributed by atoms with E-state index in [4.69, 9.17) is 5.73 Å². The zero-order valence-electron chi connectivity index (χ0n) is 14.9. The predicted molar refractivity (Wildman–Crippen MR) is 96.0 cm³/mol. The summed E-state index contributed by atoms with van der Waals surface area (Å²) >= 11 is 0. The quantitative estimate of drug-likeness (QED) is 0.875. The van der Waals surface area contributed by atoms with Crippen molar-refractivity contribution >= 4 is 12.1 Å². The lowest BCUT2D eigenvalue weighted by molar-refractivity contribution is 0.00444. The molecule has 0 aliphatic carbocycles. The number of amides is 2. The van der Waals surface area contributed by atoms with E-state index in [2.05, 4.69) is 52.1 Å². The molecule has 126 valence electrons. The van der Waals surface area contributed by atoms with Crippen molar-refractivity contribution in [1.82, 2.24) is 10.2 Å². The first-order chi connectivity index (χ1) is 10.6. The van der Waals surface area contributed by atoms with Crippen molar-refractivity contribution in [2.75, 3.05) is 0 Å². The highest BCUT2D eigenvalue weighted by molar-refractivity contribution is 5.78. The van der Waals surface area contributed by atoms with Crippen molar-refractivity contribution < 1.29 is 4.79 Å². The van der Waals surface area contributed by atoms with Crippen molar-refractivity contribution in [1.29, 1.82) is 0 Å². The van der Waals surface area contributed by atoms with Crippen LogP contribution in [0.1, 0.15) is 51.7 Å². The number of aryl methyl sites for hydroxylation is 1. The van der Waals surface area contributed by atoms with Gasteiger partial charge in [0.2, 0.25) is 0 Å². The average Bonchev–Trinajstić information content (AvgIpc) is 2.37. The highest BCUT2D eigenvalue weighted by atomic mass is 16.2. The van der Waals surface area contributed by atoms with Gasteiger partial charge in [0.25, 0.3) is 0 Å². The lowest BCUT2D eigenvalue weighted by atomic mass is 9.77. The largest absolute Gasteiger partial charge is 0.328 e. The smallest absolute Gasteiger partial charge is 0.322 e. The molecule has 4 nitrogen and oxygen atoms in total. The topological polar surface area (TPSA) is 58.4 Å². The molecule has 4 heteroatoms. The number of hydrogen-bond donors (Lipinski definition) is 2. The molecular weight excluding hydrogens is 286 g/mol. The minimum absolute atomic E-state index is 0.0738. The van der Waals surface area contributed by atoms with Gasteiger partial charge in [-0.05, 0) is 59.1 Å². The van der Waals surface area contributed by atoms with Crippen LogP contribution in [0, 0.1) is 6.92 Å². The Morgan fingerprint density at radius 1 is 1.17 bits per heavy atom. The van der Waals surface area contributed by atoms with Gasteiger partial charge in [-0.15, -0.1) is 0 Å². The van der Waals surface area contributed by atoms with Gasteiger partial charge >= 0.3 is 6.03 Å². The van der Waals surface area contributed by atoms with Gasteiger partial charge < -0.3 is 16.0 Å². The molecule has 1 aliphatic heterocycles. The van der Waals surface area contributed by atoms with E-state index in [1.54, 1.807) is 6.20 Å². The van der Waals surface area contributed by atoms with E-state index in [0.29, 0.717) is 0 Å². The zero-order chi connectivity index (χ0) is 17.3. The van der Waals surface area contributed by atoms with Crippen LogP contribution in [0.15, 0.2) is 30.5 Å². The van der Waals surface area contributed by atoms with E-state index in [0.717, 1.165) is 18.4 Å². The lowest BCUT2D eigenvalue weighted by Crippen LogP contribution is -2.66. The summed E-state index contributed by atoms with van der Waals surface area (Å²) in [6, 6.07) is 8.24. The third-order valence-corrected chi connectivity index (χ3v) is 4.50. The van der Waals surface area contributed by atoms with Crippen LogP contribution in [0.25, 0.3) is 6.08 Å².